The van der Waals surface area contributed by atoms with Gasteiger partial charge in [-0.3, -0.25) is 0 Å². The molecule has 2 aliphatic rings. The maximum Gasteiger partial charge on any atom is 0.198 e. The van der Waals surface area contributed by atoms with Gasteiger partial charge in [0.25, 0.3) is 0 Å². The van der Waals surface area contributed by atoms with E-state index in [-0.39, 0.29) is 0 Å². The maximum atomic E-state index is 2.71. The van der Waals surface area contributed by atoms with E-state index in [1.54, 1.807) is 0 Å². The Balaban J connectivity index is 2.13. The van der Waals surface area contributed by atoms with Gasteiger partial charge in [0.1, 0.15) is 0 Å². The molecule has 0 aliphatic carbocycles. The van der Waals surface area contributed by atoms with Crippen molar-refractivity contribution in [2.24, 2.45) is 5.41 Å². The Morgan fingerprint density at radius 3 is 1.93 bits per heavy atom. The molecule has 2 saturated heterocycles. The molecule has 0 amide bonds. The Labute approximate surface area is 115 Å². The molecule has 0 bridgehead atoms. The van der Waals surface area contributed by atoms with Crippen molar-refractivity contribution in [3.63, 3.8) is 0 Å². The summed E-state index contributed by atoms with van der Waals surface area (Å²) in [7, 11) is 0. The van der Waals surface area contributed by atoms with E-state index in [1.165, 1.54) is 49.8 Å². The third-order valence-electron chi connectivity index (χ3n) is 4.19. The molecular formula is C11H20I2N+. The Kier molecular flexibility index (Phi) is 3.16. The van der Waals surface area contributed by atoms with E-state index in [1.807, 2.05) is 0 Å². The molecule has 1 nitrogen and oxygen atoms in total. The van der Waals surface area contributed by atoms with Crippen LogP contribution in [-0.4, -0.2) is 25.7 Å². The molecule has 1 spiro atoms. The zero-order valence-electron chi connectivity index (χ0n) is 9.15. The monoisotopic (exact) mass is 420 g/mol. The minimum absolute atomic E-state index is 0.506. The van der Waals surface area contributed by atoms with Crippen LogP contribution in [0, 0.1) is 5.41 Å². The van der Waals surface area contributed by atoms with Crippen LogP contribution in [0.5, 0.6) is 0 Å². The molecule has 0 atom stereocenters. The molecule has 2 fully saturated rings. The fourth-order valence-electron chi connectivity index (χ4n) is 2.82. The molecule has 3 heteroatoms. The normalized spacial score (nSPS) is 33.4. The van der Waals surface area contributed by atoms with E-state index in [4.69, 9.17) is 0 Å². The van der Waals surface area contributed by atoms with Gasteiger partial charge >= 0.3 is 0 Å². The molecule has 0 N–H and O–H groups in total. The highest BCUT2D eigenvalue weighted by atomic mass is 127. The first-order valence-corrected chi connectivity index (χ1v) is 7.77. The van der Waals surface area contributed by atoms with Gasteiger partial charge in [0.05, 0.1) is 19.6 Å². The fraction of sp³-hybridized carbons (Fsp3) is 1.00. The van der Waals surface area contributed by atoms with Crippen molar-refractivity contribution in [1.29, 1.82) is 0 Å². The fourth-order valence-corrected chi connectivity index (χ4v) is 5.03. The molecule has 0 aromatic carbocycles. The van der Waals surface area contributed by atoms with Gasteiger partial charge in [-0.05, 0) is 5.41 Å². The summed E-state index contributed by atoms with van der Waals surface area (Å²) in [6.45, 7) is 9.13. The SMILES string of the molecule is CC1(C)CC[N+]2(CCCC2(I)I)CC1. The van der Waals surface area contributed by atoms with E-state index in [0.717, 1.165) is 0 Å². The minimum atomic E-state index is 0.506. The number of hydrogen-bond acceptors (Lipinski definition) is 0. The summed E-state index contributed by atoms with van der Waals surface area (Å²) in [6.07, 6.45) is 5.68. The first-order chi connectivity index (χ1) is 6.37. The zero-order valence-corrected chi connectivity index (χ0v) is 13.5. The topological polar surface area (TPSA) is 0 Å². The second-order valence-electron chi connectivity index (χ2n) is 5.75. The van der Waals surface area contributed by atoms with Crippen molar-refractivity contribution >= 4 is 45.2 Å². The van der Waals surface area contributed by atoms with Gasteiger partial charge in [0.2, 0.25) is 0 Å². The second-order valence-corrected chi connectivity index (χ2v) is 11.4. The first kappa shape index (κ1) is 11.9. The van der Waals surface area contributed by atoms with E-state index < -0.39 is 0 Å². The van der Waals surface area contributed by atoms with Crippen LogP contribution in [0.25, 0.3) is 0 Å². The highest BCUT2D eigenvalue weighted by Gasteiger charge is 2.53. The first-order valence-electron chi connectivity index (χ1n) is 5.61. The molecule has 82 valence electrons. The minimum Gasteiger partial charge on any atom is -0.303 e. The molecule has 14 heavy (non-hydrogen) atoms. The van der Waals surface area contributed by atoms with Crippen molar-refractivity contribution in [2.75, 3.05) is 19.6 Å². The van der Waals surface area contributed by atoms with Crippen LogP contribution in [0.4, 0.5) is 0 Å². The summed E-state index contributed by atoms with van der Waals surface area (Å²) < 4.78 is 1.91. The van der Waals surface area contributed by atoms with Crippen molar-refractivity contribution in [2.45, 2.75) is 41.1 Å². The number of hydrogen-bond donors (Lipinski definition) is 0. The average molecular weight is 420 g/mol. The zero-order chi connectivity index (χ0) is 10.4. The van der Waals surface area contributed by atoms with Gasteiger partial charge in [-0.15, -0.1) is 0 Å². The Morgan fingerprint density at radius 1 is 0.929 bits per heavy atom. The summed E-state index contributed by atoms with van der Waals surface area (Å²) in [4.78, 5) is 0. The van der Waals surface area contributed by atoms with E-state index >= 15 is 0 Å². The molecule has 0 unspecified atom stereocenters. The van der Waals surface area contributed by atoms with Crippen molar-refractivity contribution < 1.29 is 4.48 Å². The number of halogens is 2. The summed E-state index contributed by atoms with van der Waals surface area (Å²) in [5.41, 5.74) is 0.607. The van der Waals surface area contributed by atoms with Crippen molar-refractivity contribution in [3.05, 3.63) is 0 Å². The molecule has 0 aromatic heterocycles. The lowest BCUT2D eigenvalue weighted by Gasteiger charge is -2.49. The molecule has 0 saturated carbocycles. The molecule has 0 radical (unpaired) electrons. The van der Waals surface area contributed by atoms with Crippen LogP contribution in [-0.2, 0) is 0 Å². The van der Waals surface area contributed by atoms with Crippen LogP contribution >= 0.6 is 45.2 Å². The predicted molar refractivity (Wildman–Crippen MR) is 77.9 cm³/mol. The third-order valence-corrected chi connectivity index (χ3v) is 7.32. The molecular weight excluding hydrogens is 400 g/mol. The number of piperidine rings is 1. The van der Waals surface area contributed by atoms with Gasteiger partial charge in [-0.2, -0.15) is 0 Å². The molecule has 0 aromatic rings. The average Bonchev–Trinajstić information content (AvgIpc) is 2.35. The summed E-state index contributed by atoms with van der Waals surface area (Å²) in [5, 5.41) is 0. The summed E-state index contributed by atoms with van der Waals surface area (Å²) in [6, 6.07) is 0. The highest BCUT2D eigenvalue weighted by molar-refractivity contribution is 14.2. The van der Waals surface area contributed by atoms with Crippen molar-refractivity contribution in [1.82, 2.24) is 0 Å². The van der Waals surface area contributed by atoms with E-state index in [2.05, 4.69) is 59.0 Å². The van der Waals surface area contributed by atoms with Crippen LogP contribution in [0.2, 0.25) is 0 Å². The van der Waals surface area contributed by atoms with Crippen LogP contribution < -0.4 is 0 Å². The van der Waals surface area contributed by atoms with E-state index in [0.29, 0.717) is 6.97 Å². The maximum absolute atomic E-state index is 2.71. The quantitative estimate of drug-likeness (QED) is 0.241. The van der Waals surface area contributed by atoms with Gasteiger partial charge in [0.15, 0.2) is 1.55 Å². The molecule has 2 rings (SSSR count). The summed E-state index contributed by atoms with van der Waals surface area (Å²) >= 11 is 5.42. The van der Waals surface area contributed by atoms with E-state index in [9.17, 15) is 0 Å². The smallest absolute Gasteiger partial charge is 0.198 e. The molecule has 2 heterocycles. The van der Waals surface area contributed by atoms with Crippen molar-refractivity contribution in [3.8, 4) is 0 Å². The van der Waals surface area contributed by atoms with Gasteiger partial charge in [-0.25, -0.2) is 0 Å². The van der Waals surface area contributed by atoms with Gasteiger partial charge < -0.3 is 4.48 Å². The Bertz CT molecular complexity index is 225. The molecule has 2 aliphatic heterocycles. The Hall–Kier alpha value is 1.42. The van der Waals surface area contributed by atoms with Crippen LogP contribution in [0.15, 0.2) is 0 Å². The third kappa shape index (κ3) is 1.97. The predicted octanol–water partition coefficient (Wildman–Crippen LogP) is 3.94. The second kappa shape index (κ2) is 3.72. The standard InChI is InChI=1S/C11H20I2N/c1-10(2)5-8-14(9-6-10)7-3-4-11(14,12)13/h3-9H2,1-2H3/q+1. The Morgan fingerprint density at radius 2 is 1.50 bits per heavy atom. The highest BCUT2D eigenvalue weighted by Crippen LogP contribution is 2.51. The lowest BCUT2D eigenvalue weighted by Crippen LogP contribution is -2.59. The van der Waals surface area contributed by atoms with Gasteiger partial charge in [0, 0.05) is 70.9 Å². The van der Waals surface area contributed by atoms with Crippen LogP contribution in [0.3, 0.4) is 0 Å². The largest absolute Gasteiger partial charge is 0.303 e. The van der Waals surface area contributed by atoms with Crippen LogP contribution in [0.1, 0.15) is 39.5 Å². The number of nitrogens with zero attached hydrogens (tertiary/aromatic N) is 1. The lowest BCUT2D eigenvalue weighted by molar-refractivity contribution is -0.933. The van der Waals surface area contributed by atoms with Gasteiger partial charge in [-0.1, -0.05) is 13.8 Å². The summed E-state index contributed by atoms with van der Waals surface area (Å²) in [5.74, 6) is 0. The lowest BCUT2D eigenvalue weighted by atomic mass is 9.82. The number of alkyl halides is 2. The number of quaternary nitrogens is 1. The number of rotatable bonds is 0.